The molecular weight excluding hydrogens is 270 g/mol. The molecule has 9 heteroatoms. The van der Waals surface area contributed by atoms with E-state index in [2.05, 4.69) is 10.5 Å². The first-order valence-electron chi connectivity index (χ1n) is 6.04. The molecule has 0 fully saturated rings. The minimum Gasteiger partial charge on any atom is -0.394 e. The molecule has 118 valence electrons. The summed E-state index contributed by atoms with van der Waals surface area (Å²) in [6.45, 7) is -0.593. The van der Waals surface area contributed by atoms with Crippen LogP contribution in [0.2, 0.25) is 0 Å². The SMILES string of the molecule is C[N+](C)(C)CC(=O)N/N=C/[C@@H](O)[C@H](O)[C@H](O)[C@H](O)CO. The molecule has 0 rings (SSSR count). The Balaban J connectivity index is 4.29. The van der Waals surface area contributed by atoms with Gasteiger partial charge in [0.2, 0.25) is 0 Å². The van der Waals surface area contributed by atoms with Gasteiger partial charge < -0.3 is 30.0 Å². The van der Waals surface area contributed by atoms with Crippen LogP contribution in [0.25, 0.3) is 0 Å². The van der Waals surface area contributed by atoms with Gasteiger partial charge in [0.1, 0.15) is 24.4 Å². The molecule has 0 aliphatic carbocycles. The van der Waals surface area contributed by atoms with Gasteiger partial charge in [0.25, 0.3) is 5.91 Å². The number of quaternary nitrogens is 1. The van der Waals surface area contributed by atoms with Crippen molar-refractivity contribution in [3.05, 3.63) is 0 Å². The molecule has 0 radical (unpaired) electrons. The number of hydrogen-bond acceptors (Lipinski definition) is 7. The molecular formula is C11H24N3O6+. The Kier molecular flexibility index (Phi) is 7.79. The molecule has 0 aromatic heterocycles. The van der Waals surface area contributed by atoms with Crippen LogP contribution in [0.5, 0.6) is 0 Å². The molecule has 0 saturated carbocycles. The zero-order valence-corrected chi connectivity index (χ0v) is 11.8. The average molecular weight is 294 g/mol. The van der Waals surface area contributed by atoms with Gasteiger partial charge in [-0.25, -0.2) is 5.43 Å². The normalized spacial score (nSPS) is 18.6. The maximum absolute atomic E-state index is 11.4. The number of amides is 1. The Morgan fingerprint density at radius 2 is 1.75 bits per heavy atom. The molecule has 9 nitrogen and oxygen atoms in total. The Bertz CT molecular complexity index is 331. The van der Waals surface area contributed by atoms with Crippen molar-refractivity contribution in [3.8, 4) is 0 Å². The molecule has 6 N–H and O–H groups in total. The van der Waals surface area contributed by atoms with Crippen LogP contribution in [-0.4, -0.2) is 101 Å². The number of hydrogen-bond donors (Lipinski definition) is 6. The summed E-state index contributed by atoms with van der Waals surface area (Å²) in [6.07, 6.45) is -5.83. The summed E-state index contributed by atoms with van der Waals surface area (Å²) in [5.74, 6) is -0.383. The monoisotopic (exact) mass is 294 g/mol. The number of carbonyl (C=O) groups excluding carboxylic acids is 1. The fraction of sp³-hybridized carbons (Fsp3) is 0.818. The van der Waals surface area contributed by atoms with Crippen LogP contribution in [0.15, 0.2) is 5.10 Å². The average Bonchev–Trinajstić information content (AvgIpc) is 2.33. The fourth-order valence-corrected chi connectivity index (χ4v) is 1.28. The van der Waals surface area contributed by atoms with Crippen LogP contribution in [-0.2, 0) is 4.79 Å². The van der Waals surface area contributed by atoms with Crippen molar-refractivity contribution in [2.45, 2.75) is 24.4 Å². The van der Waals surface area contributed by atoms with E-state index in [1.54, 1.807) is 0 Å². The van der Waals surface area contributed by atoms with E-state index in [0.29, 0.717) is 4.48 Å². The topological polar surface area (TPSA) is 143 Å². The zero-order valence-electron chi connectivity index (χ0n) is 11.8. The second kappa shape index (κ2) is 8.25. The highest BCUT2D eigenvalue weighted by Crippen LogP contribution is 2.03. The molecule has 0 spiro atoms. The Hall–Kier alpha value is -1.10. The van der Waals surface area contributed by atoms with Crippen molar-refractivity contribution in [1.29, 1.82) is 0 Å². The summed E-state index contributed by atoms with van der Waals surface area (Å²) in [7, 11) is 5.44. The number of carbonyl (C=O) groups is 1. The summed E-state index contributed by atoms with van der Waals surface area (Å²) in [5.41, 5.74) is 2.16. The van der Waals surface area contributed by atoms with Gasteiger partial charge in [-0.05, 0) is 0 Å². The van der Waals surface area contributed by atoms with E-state index < -0.39 is 31.0 Å². The largest absolute Gasteiger partial charge is 0.394 e. The van der Waals surface area contributed by atoms with Gasteiger partial charge in [-0.2, -0.15) is 5.10 Å². The molecule has 0 saturated heterocycles. The lowest BCUT2D eigenvalue weighted by molar-refractivity contribution is -0.862. The van der Waals surface area contributed by atoms with E-state index in [1.807, 2.05) is 21.1 Å². The highest BCUT2D eigenvalue weighted by molar-refractivity contribution is 5.78. The number of nitrogens with one attached hydrogen (secondary N) is 1. The van der Waals surface area contributed by atoms with Crippen molar-refractivity contribution < 1.29 is 34.8 Å². The smallest absolute Gasteiger partial charge is 0.295 e. The molecule has 1 amide bonds. The molecule has 4 atom stereocenters. The van der Waals surface area contributed by atoms with Crippen molar-refractivity contribution in [2.24, 2.45) is 5.10 Å². The third kappa shape index (κ3) is 7.48. The third-order valence-electron chi connectivity index (χ3n) is 2.32. The van der Waals surface area contributed by atoms with Crippen LogP contribution in [0.4, 0.5) is 0 Å². The summed E-state index contributed by atoms with van der Waals surface area (Å²) in [6, 6.07) is 0. The van der Waals surface area contributed by atoms with E-state index in [9.17, 15) is 20.1 Å². The third-order valence-corrected chi connectivity index (χ3v) is 2.32. The van der Waals surface area contributed by atoms with Gasteiger partial charge in [-0.3, -0.25) is 4.79 Å². The lowest BCUT2D eigenvalue weighted by Crippen LogP contribution is -2.46. The van der Waals surface area contributed by atoms with E-state index in [4.69, 9.17) is 10.2 Å². The number of hydrazone groups is 1. The van der Waals surface area contributed by atoms with Gasteiger partial charge in [0.05, 0.1) is 34.0 Å². The van der Waals surface area contributed by atoms with Gasteiger partial charge in [-0.1, -0.05) is 0 Å². The lowest BCUT2D eigenvalue weighted by Gasteiger charge is -2.23. The maximum atomic E-state index is 11.4. The molecule has 20 heavy (non-hydrogen) atoms. The Morgan fingerprint density at radius 3 is 2.20 bits per heavy atom. The molecule has 0 unspecified atom stereocenters. The van der Waals surface area contributed by atoms with Crippen molar-refractivity contribution in [3.63, 3.8) is 0 Å². The predicted molar refractivity (Wildman–Crippen MR) is 70.6 cm³/mol. The van der Waals surface area contributed by atoms with Gasteiger partial charge in [0.15, 0.2) is 6.54 Å². The van der Waals surface area contributed by atoms with Gasteiger partial charge in [-0.15, -0.1) is 0 Å². The molecule has 0 aliphatic rings. The maximum Gasteiger partial charge on any atom is 0.295 e. The quantitative estimate of drug-likeness (QED) is 0.154. The first-order chi connectivity index (χ1) is 9.08. The number of nitrogens with zero attached hydrogens (tertiary/aromatic N) is 2. The standard InChI is InChI=1S/C11H23N3O6/c1-14(2,3)5-9(18)13-12-4-7(16)10(19)11(20)8(17)6-15/h4,7-8,10-11,15-17,19-20H,5-6H2,1-3H3/p+1/b12-4+/t7-,8-,10+,11-/m1/s1. The number of aliphatic hydroxyl groups is 5. The van der Waals surface area contributed by atoms with Crippen LogP contribution in [0, 0.1) is 0 Å². The zero-order chi connectivity index (χ0) is 15.9. The van der Waals surface area contributed by atoms with Crippen molar-refractivity contribution >= 4 is 12.1 Å². The number of aliphatic hydroxyl groups excluding tert-OH is 5. The molecule has 0 heterocycles. The second-order valence-electron chi connectivity index (χ2n) is 5.48. The van der Waals surface area contributed by atoms with E-state index in [-0.39, 0.29) is 12.5 Å². The number of likely N-dealkylation sites (N-methyl/N-ethyl adjacent to an activating group) is 1. The Labute approximate surface area is 117 Å². The Morgan fingerprint density at radius 1 is 1.20 bits per heavy atom. The second-order valence-corrected chi connectivity index (χ2v) is 5.48. The molecule has 0 aromatic carbocycles. The highest BCUT2D eigenvalue weighted by atomic mass is 16.4. The minimum absolute atomic E-state index is 0.168. The van der Waals surface area contributed by atoms with Crippen molar-refractivity contribution in [1.82, 2.24) is 5.43 Å². The fourth-order valence-electron chi connectivity index (χ4n) is 1.28. The predicted octanol–water partition coefficient (Wildman–Crippen LogP) is -3.77. The van der Waals surface area contributed by atoms with E-state index >= 15 is 0 Å². The van der Waals surface area contributed by atoms with Gasteiger partial charge in [0, 0.05) is 0 Å². The minimum atomic E-state index is -1.74. The first kappa shape index (κ1) is 18.9. The molecule has 0 aromatic rings. The van der Waals surface area contributed by atoms with Crippen molar-refractivity contribution in [2.75, 3.05) is 34.3 Å². The summed E-state index contributed by atoms with van der Waals surface area (Å²) in [4.78, 5) is 11.4. The highest BCUT2D eigenvalue weighted by Gasteiger charge is 2.29. The molecule has 0 aliphatic heterocycles. The number of rotatable bonds is 8. The van der Waals surface area contributed by atoms with Crippen LogP contribution in [0.1, 0.15) is 0 Å². The molecule has 0 bridgehead atoms. The lowest BCUT2D eigenvalue weighted by atomic mass is 10.0. The van der Waals surface area contributed by atoms with Crippen LogP contribution in [0.3, 0.4) is 0 Å². The summed E-state index contributed by atoms with van der Waals surface area (Å²) in [5, 5.41) is 49.4. The van der Waals surface area contributed by atoms with Crippen LogP contribution >= 0.6 is 0 Å². The first-order valence-corrected chi connectivity index (χ1v) is 6.04. The van der Waals surface area contributed by atoms with Gasteiger partial charge >= 0.3 is 0 Å². The van der Waals surface area contributed by atoms with E-state index in [1.165, 1.54) is 0 Å². The van der Waals surface area contributed by atoms with E-state index in [0.717, 1.165) is 6.21 Å². The van der Waals surface area contributed by atoms with Crippen LogP contribution < -0.4 is 5.43 Å². The summed E-state index contributed by atoms with van der Waals surface area (Å²) < 4.78 is 0.397. The summed E-state index contributed by atoms with van der Waals surface area (Å²) >= 11 is 0.